The maximum absolute atomic E-state index is 13.2. The molecule has 3 aromatic heterocycles. The SMILES string of the molecule is COc1nc(Sc2ccc(C)cc2)ccc1-c1nc2c(C)nn(C3CCCCC3)c2c(=O)[nH]1. The fraction of sp³-hybridized carbons (Fsp3) is 0.360. The lowest BCUT2D eigenvalue weighted by Crippen LogP contribution is -2.19. The predicted molar refractivity (Wildman–Crippen MR) is 130 cm³/mol. The summed E-state index contributed by atoms with van der Waals surface area (Å²) in [6.45, 7) is 3.98. The summed E-state index contributed by atoms with van der Waals surface area (Å²) in [7, 11) is 1.58. The smallest absolute Gasteiger partial charge is 0.277 e. The second kappa shape index (κ2) is 9.02. The second-order valence-corrected chi connectivity index (χ2v) is 9.65. The van der Waals surface area contributed by atoms with Crippen LogP contribution in [0.15, 0.2) is 51.1 Å². The fourth-order valence-corrected chi connectivity index (χ4v) is 5.23. The molecule has 5 rings (SSSR count). The zero-order chi connectivity index (χ0) is 22.9. The van der Waals surface area contributed by atoms with Crippen LogP contribution in [0.2, 0.25) is 0 Å². The van der Waals surface area contributed by atoms with Crippen LogP contribution >= 0.6 is 11.8 Å². The highest BCUT2D eigenvalue weighted by atomic mass is 32.2. The fourth-order valence-electron chi connectivity index (χ4n) is 4.45. The highest BCUT2D eigenvalue weighted by Crippen LogP contribution is 2.34. The molecule has 0 spiro atoms. The number of hydrogen-bond acceptors (Lipinski definition) is 6. The van der Waals surface area contributed by atoms with Gasteiger partial charge in [0, 0.05) is 4.90 Å². The van der Waals surface area contributed by atoms with Crippen LogP contribution in [-0.2, 0) is 0 Å². The van der Waals surface area contributed by atoms with E-state index in [2.05, 4.69) is 41.2 Å². The number of aromatic nitrogens is 5. The quantitative estimate of drug-likeness (QED) is 0.425. The van der Waals surface area contributed by atoms with E-state index in [0.29, 0.717) is 28.3 Å². The Bertz CT molecular complexity index is 1350. The number of aromatic amines is 1. The van der Waals surface area contributed by atoms with E-state index in [1.807, 2.05) is 23.7 Å². The number of H-pyrrole nitrogens is 1. The molecule has 1 N–H and O–H groups in total. The summed E-state index contributed by atoms with van der Waals surface area (Å²) in [5.74, 6) is 0.863. The molecule has 1 aliphatic rings. The molecule has 1 aromatic carbocycles. The van der Waals surface area contributed by atoms with Gasteiger partial charge in [-0.05, 0) is 51.0 Å². The molecule has 33 heavy (non-hydrogen) atoms. The molecule has 3 heterocycles. The number of rotatable bonds is 5. The number of nitrogens with one attached hydrogen (secondary N) is 1. The molecule has 0 aliphatic heterocycles. The van der Waals surface area contributed by atoms with Crippen molar-refractivity contribution < 1.29 is 4.74 Å². The van der Waals surface area contributed by atoms with Gasteiger partial charge in [-0.3, -0.25) is 9.48 Å². The largest absolute Gasteiger partial charge is 0.480 e. The van der Waals surface area contributed by atoms with E-state index in [1.165, 1.54) is 24.8 Å². The molecule has 0 unspecified atom stereocenters. The summed E-state index contributed by atoms with van der Waals surface area (Å²) in [6, 6.07) is 12.4. The van der Waals surface area contributed by atoms with Gasteiger partial charge in [0.15, 0.2) is 5.52 Å². The lowest BCUT2D eigenvalue weighted by molar-refractivity contribution is 0.336. The number of ether oxygens (including phenoxy) is 1. The molecular weight excluding hydrogens is 434 g/mol. The summed E-state index contributed by atoms with van der Waals surface area (Å²) in [5, 5.41) is 5.51. The standard InChI is InChI=1S/C25H27N5O2S/c1-15-9-11-18(12-10-15)33-20-14-13-19(25(26-20)32-3)23-27-21-16(2)29-30(22(21)24(31)28-23)17-7-5-4-6-8-17/h9-14,17H,4-8H2,1-3H3,(H,27,28,31). The van der Waals surface area contributed by atoms with E-state index < -0.39 is 0 Å². The lowest BCUT2D eigenvalue weighted by atomic mass is 9.95. The number of aryl methyl sites for hydroxylation is 2. The maximum atomic E-state index is 13.2. The summed E-state index contributed by atoms with van der Waals surface area (Å²) in [6.07, 6.45) is 5.69. The summed E-state index contributed by atoms with van der Waals surface area (Å²) >= 11 is 1.56. The average molecular weight is 462 g/mol. The van der Waals surface area contributed by atoms with E-state index in [0.717, 1.165) is 28.5 Å². The van der Waals surface area contributed by atoms with Crippen LogP contribution in [0.1, 0.15) is 49.4 Å². The van der Waals surface area contributed by atoms with Gasteiger partial charge in [0.05, 0.1) is 24.4 Å². The molecule has 1 aliphatic carbocycles. The van der Waals surface area contributed by atoms with Gasteiger partial charge in [-0.25, -0.2) is 9.97 Å². The number of pyridine rings is 1. The van der Waals surface area contributed by atoms with E-state index in [1.54, 1.807) is 18.9 Å². The van der Waals surface area contributed by atoms with Crippen LogP contribution < -0.4 is 10.3 Å². The van der Waals surface area contributed by atoms with Crippen molar-refractivity contribution in [3.63, 3.8) is 0 Å². The van der Waals surface area contributed by atoms with Crippen molar-refractivity contribution in [2.24, 2.45) is 0 Å². The first-order valence-electron chi connectivity index (χ1n) is 11.3. The topological polar surface area (TPSA) is 85.7 Å². The Balaban J connectivity index is 1.52. The molecule has 7 nitrogen and oxygen atoms in total. The third kappa shape index (κ3) is 4.27. The van der Waals surface area contributed by atoms with Gasteiger partial charge in [-0.1, -0.05) is 48.7 Å². The molecule has 0 saturated heterocycles. The van der Waals surface area contributed by atoms with E-state index >= 15 is 0 Å². The van der Waals surface area contributed by atoms with Crippen LogP contribution in [0.25, 0.3) is 22.4 Å². The Morgan fingerprint density at radius 1 is 1.03 bits per heavy atom. The van der Waals surface area contributed by atoms with Crippen molar-refractivity contribution in [3.05, 3.63) is 58.0 Å². The van der Waals surface area contributed by atoms with Gasteiger partial charge < -0.3 is 9.72 Å². The normalized spacial score (nSPS) is 14.6. The molecule has 0 bridgehead atoms. The van der Waals surface area contributed by atoms with Gasteiger partial charge >= 0.3 is 0 Å². The molecule has 1 saturated carbocycles. The van der Waals surface area contributed by atoms with Crippen molar-refractivity contribution in [2.45, 2.75) is 61.9 Å². The summed E-state index contributed by atoms with van der Waals surface area (Å²) in [4.78, 5) is 26.7. The van der Waals surface area contributed by atoms with Gasteiger partial charge in [0.1, 0.15) is 16.4 Å². The van der Waals surface area contributed by atoms with Crippen molar-refractivity contribution in [3.8, 4) is 17.3 Å². The van der Waals surface area contributed by atoms with Gasteiger partial charge in [-0.2, -0.15) is 5.10 Å². The van der Waals surface area contributed by atoms with Crippen LogP contribution in [-0.4, -0.2) is 31.8 Å². The predicted octanol–water partition coefficient (Wildman–Crippen LogP) is 5.46. The van der Waals surface area contributed by atoms with Crippen molar-refractivity contribution in [2.75, 3.05) is 7.11 Å². The first-order chi connectivity index (χ1) is 16.0. The molecule has 8 heteroatoms. The number of nitrogens with zero attached hydrogens (tertiary/aromatic N) is 4. The Kier molecular flexibility index (Phi) is 5.93. The van der Waals surface area contributed by atoms with Crippen LogP contribution in [0, 0.1) is 13.8 Å². The first-order valence-corrected chi connectivity index (χ1v) is 12.1. The molecule has 0 amide bonds. The number of benzene rings is 1. The summed E-state index contributed by atoms with van der Waals surface area (Å²) < 4.78 is 7.47. The van der Waals surface area contributed by atoms with Crippen molar-refractivity contribution in [1.82, 2.24) is 24.7 Å². The molecule has 0 atom stereocenters. The zero-order valence-corrected chi connectivity index (χ0v) is 19.9. The molecular formula is C25H27N5O2S. The minimum Gasteiger partial charge on any atom is -0.480 e. The van der Waals surface area contributed by atoms with Crippen molar-refractivity contribution >= 4 is 22.8 Å². The van der Waals surface area contributed by atoms with Crippen LogP contribution in [0.4, 0.5) is 0 Å². The Hall–Kier alpha value is -3.13. The highest BCUT2D eigenvalue weighted by molar-refractivity contribution is 7.99. The Morgan fingerprint density at radius 3 is 2.52 bits per heavy atom. The monoisotopic (exact) mass is 461 g/mol. The summed E-state index contributed by atoms with van der Waals surface area (Å²) in [5.41, 5.74) is 3.64. The molecule has 0 radical (unpaired) electrons. The third-order valence-electron chi connectivity index (χ3n) is 6.17. The van der Waals surface area contributed by atoms with Crippen LogP contribution in [0.3, 0.4) is 0 Å². The zero-order valence-electron chi connectivity index (χ0n) is 19.1. The Labute approximate surface area is 196 Å². The molecule has 4 aromatic rings. The third-order valence-corrected chi connectivity index (χ3v) is 7.12. The highest BCUT2D eigenvalue weighted by Gasteiger charge is 2.23. The lowest BCUT2D eigenvalue weighted by Gasteiger charge is -2.22. The van der Waals surface area contributed by atoms with E-state index in [4.69, 9.17) is 14.8 Å². The van der Waals surface area contributed by atoms with E-state index in [-0.39, 0.29) is 11.6 Å². The minimum atomic E-state index is -0.179. The Morgan fingerprint density at radius 2 is 1.79 bits per heavy atom. The minimum absolute atomic E-state index is 0.179. The second-order valence-electron chi connectivity index (χ2n) is 8.56. The number of hydrogen-bond donors (Lipinski definition) is 1. The van der Waals surface area contributed by atoms with Gasteiger partial charge in [0.25, 0.3) is 5.56 Å². The average Bonchev–Trinajstić information content (AvgIpc) is 3.18. The number of fused-ring (bicyclic) bond motifs is 1. The van der Waals surface area contributed by atoms with Gasteiger partial charge in [0.2, 0.25) is 5.88 Å². The first kappa shape index (κ1) is 21.7. The van der Waals surface area contributed by atoms with Crippen LogP contribution in [0.5, 0.6) is 5.88 Å². The maximum Gasteiger partial charge on any atom is 0.277 e. The molecule has 1 fully saturated rings. The van der Waals surface area contributed by atoms with E-state index in [9.17, 15) is 4.79 Å². The van der Waals surface area contributed by atoms with Crippen molar-refractivity contribution in [1.29, 1.82) is 0 Å². The molecule has 170 valence electrons. The number of methoxy groups -OCH3 is 1. The van der Waals surface area contributed by atoms with Gasteiger partial charge in [-0.15, -0.1) is 0 Å².